The van der Waals surface area contributed by atoms with Crippen LogP contribution < -0.4 is 10.5 Å². The van der Waals surface area contributed by atoms with Crippen LogP contribution in [0.2, 0.25) is 0 Å². The van der Waals surface area contributed by atoms with Crippen LogP contribution in [0.5, 0.6) is 5.75 Å². The Balaban J connectivity index is 2.30. The van der Waals surface area contributed by atoms with E-state index in [0.717, 1.165) is 5.56 Å². The molecule has 0 spiro atoms. The van der Waals surface area contributed by atoms with Gasteiger partial charge in [0.15, 0.2) is 5.78 Å². The maximum absolute atomic E-state index is 13.2. The zero-order chi connectivity index (χ0) is 14.7. The summed E-state index contributed by atoms with van der Waals surface area (Å²) in [6.45, 7) is 1.84. The summed E-state index contributed by atoms with van der Waals surface area (Å²) in [4.78, 5) is 12.3. The number of hydrogen-bond acceptors (Lipinski definition) is 3. The Morgan fingerprint density at radius 3 is 2.70 bits per heavy atom. The zero-order valence-electron chi connectivity index (χ0n) is 11.4. The number of hydrogen-bond donors (Lipinski definition) is 1. The van der Waals surface area contributed by atoms with Crippen molar-refractivity contribution in [1.29, 1.82) is 0 Å². The third-order valence-electron chi connectivity index (χ3n) is 3.22. The molecule has 2 rings (SSSR count). The minimum atomic E-state index is -0.350. The summed E-state index contributed by atoms with van der Waals surface area (Å²) in [6, 6.07) is 9.34. The molecule has 0 atom stereocenters. The summed E-state index contributed by atoms with van der Waals surface area (Å²) >= 11 is 0. The Bertz CT molecular complexity index is 653. The fourth-order valence-corrected chi connectivity index (χ4v) is 2.00. The number of carbonyl (C=O) groups excluding carboxylic acids is 1. The molecule has 0 fully saturated rings. The molecule has 0 heterocycles. The highest BCUT2D eigenvalue weighted by Crippen LogP contribution is 2.22. The quantitative estimate of drug-likeness (QED) is 0.687. The van der Waals surface area contributed by atoms with Gasteiger partial charge in [-0.3, -0.25) is 4.79 Å². The van der Waals surface area contributed by atoms with Gasteiger partial charge < -0.3 is 10.5 Å². The maximum atomic E-state index is 13.2. The van der Waals surface area contributed by atoms with Gasteiger partial charge in [-0.05, 0) is 48.4 Å². The number of anilines is 1. The van der Waals surface area contributed by atoms with Crippen molar-refractivity contribution < 1.29 is 13.9 Å². The highest BCUT2D eigenvalue weighted by atomic mass is 19.1. The number of rotatable bonds is 4. The van der Waals surface area contributed by atoms with Gasteiger partial charge in [-0.1, -0.05) is 6.07 Å². The van der Waals surface area contributed by atoms with Crippen LogP contribution in [0.4, 0.5) is 10.1 Å². The van der Waals surface area contributed by atoms with Crippen molar-refractivity contribution in [2.75, 3.05) is 12.8 Å². The molecule has 0 aliphatic rings. The summed E-state index contributed by atoms with van der Waals surface area (Å²) in [6.07, 6.45) is 0.112. The summed E-state index contributed by atoms with van der Waals surface area (Å²) in [7, 11) is 1.52. The SMILES string of the molecule is COc1ccc(N)c(C(=O)Cc2cc(F)ccc2C)c1. The van der Waals surface area contributed by atoms with E-state index in [-0.39, 0.29) is 18.0 Å². The van der Waals surface area contributed by atoms with E-state index in [0.29, 0.717) is 22.6 Å². The Kier molecular flexibility index (Phi) is 4.03. The van der Waals surface area contributed by atoms with Gasteiger partial charge >= 0.3 is 0 Å². The molecule has 0 bridgehead atoms. The second-order valence-electron chi connectivity index (χ2n) is 4.62. The molecule has 0 aliphatic carbocycles. The standard InChI is InChI=1S/C16H16FNO2/c1-10-3-4-12(17)7-11(10)8-16(19)14-9-13(20-2)5-6-15(14)18/h3-7,9H,8,18H2,1-2H3. The highest BCUT2D eigenvalue weighted by Gasteiger charge is 2.13. The third-order valence-corrected chi connectivity index (χ3v) is 3.22. The van der Waals surface area contributed by atoms with Crippen molar-refractivity contribution in [1.82, 2.24) is 0 Å². The van der Waals surface area contributed by atoms with E-state index in [2.05, 4.69) is 0 Å². The van der Waals surface area contributed by atoms with Gasteiger partial charge in [0.05, 0.1) is 7.11 Å². The fraction of sp³-hybridized carbons (Fsp3) is 0.188. The number of nitrogens with two attached hydrogens (primary N) is 1. The smallest absolute Gasteiger partial charge is 0.169 e. The first kappa shape index (κ1) is 14.1. The molecule has 3 nitrogen and oxygen atoms in total. The van der Waals surface area contributed by atoms with Crippen molar-refractivity contribution in [3.63, 3.8) is 0 Å². The molecule has 0 saturated carbocycles. The van der Waals surface area contributed by atoms with Crippen LogP contribution in [0.3, 0.4) is 0 Å². The molecule has 0 amide bonds. The van der Waals surface area contributed by atoms with Gasteiger partial charge in [-0.15, -0.1) is 0 Å². The maximum Gasteiger partial charge on any atom is 0.169 e. The van der Waals surface area contributed by atoms with Crippen LogP contribution in [-0.2, 0) is 6.42 Å². The molecule has 0 unspecified atom stereocenters. The number of aryl methyl sites for hydroxylation is 1. The number of carbonyl (C=O) groups is 1. The Morgan fingerprint density at radius 2 is 2.00 bits per heavy atom. The van der Waals surface area contributed by atoms with E-state index in [1.54, 1.807) is 24.3 Å². The number of benzene rings is 2. The second kappa shape index (κ2) is 5.74. The van der Waals surface area contributed by atoms with Gasteiger partial charge in [-0.2, -0.15) is 0 Å². The normalized spacial score (nSPS) is 10.3. The minimum Gasteiger partial charge on any atom is -0.497 e. The number of ether oxygens (including phenoxy) is 1. The number of Topliss-reactive ketones (excluding diaryl/α,β-unsaturated/α-hetero) is 1. The van der Waals surface area contributed by atoms with Crippen LogP contribution in [0.25, 0.3) is 0 Å². The number of halogens is 1. The van der Waals surface area contributed by atoms with Crippen LogP contribution in [0, 0.1) is 12.7 Å². The van der Waals surface area contributed by atoms with Crippen LogP contribution >= 0.6 is 0 Å². The van der Waals surface area contributed by atoms with E-state index in [1.165, 1.54) is 19.2 Å². The fourth-order valence-electron chi connectivity index (χ4n) is 2.00. The Labute approximate surface area is 117 Å². The van der Waals surface area contributed by atoms with Crippen molar-refractivity contribution in [3.05, 3.63) is 58.9 Å². The molecule has 0 radical (unpaired) electrons. The van der Waals surface area contributed by atoms with E-state index in [9.17, 15) is 9.18 Å². The molecule has 0 aliphatic heterocycles. The molecule has 0 aromatic heterocycles. The number of methoxy groups -OCH3 is 1. The molecule has 0 saturated heterocycles. The van der Waals surface area contributed by atoms with Crippen molar-refractivity contribution in [3.8, 4) is 5.75 Å². The lowest BCUT2D eigenvalue weighted by Gasteiger charge is -2.09. The van der Waals surface area contributed by atoms with Gasteiger partial charge in [0.1, 0.15) is 11.6 Å². The molecule has 2 aromatic carbocycles. The van der Waals surface area contributed by atoms with E-state index in [4.69, 9.17) is 10.5 Å². The topological polar surface area (TPSA) is 52.3 Å². The summed E-state index contributed by atoms with van der Waals surface area (Å²) < 4.78 is 18.3. The highest BCUT2D eigenvalue weighted by molar-refractivity contribution is 6.02. The van der Waals surface area contributed by atoms with Crippen molar-refractivity contribution >= 4 is 11.5 Å². The van der Waals surface area contributed by atoms with Gasteiger partial charge in [0.25, 0.3) is 0 Å². The molecule has 2 aromatic rings. The van der Waals surface area contributed by atoms with Gasteiger partial charge in [0, 0.05) is 17.7 Å². The lowest BCUT2D eigenvalue weighted by molar-refractivity contribution is 0.0993. The molecule has 104 valence electrons. The predicted molar refractivity (Wildman–Crippen MR) is 76.6 cm³/mol. The number of nitrogen functional groups attached to an aromatic ring is 1. The first-order valence-electron chi connectivity index (χ1n) is 6.23. The molecular weight excluding hydrogens is 257 g/mol. The van der Waals surface area contributed by atoms with Gasteiger partial charge in [0.2, 0.25) is 0 Å². The summed E-state index contributed by atoms with van der Waals surface area (Å²) in [5.41, 5.74) is 8.15. The molecule has 4 heteroatoms. The zero-order valence-corrected chi connectivity index (χ0v) is 11.4. The average Bonchev–Trinajstić information content (AvgIpc) is 2.43. The first-order chi connectivity index (χ1) is 9.51. The third kappa shape index (κ3) is 2.96. The molecule has 2 N–H and O–H groups in total. The lowest BCUT2D eigenvalue weighted by Crippen LogP contribution is -2.08. The summed E-state index contributed by atoms with van der Waals surface area (Å²) in [5, 5.41) is 0. The largest absolute Gasteiger partial charge is 0.497 e. The van der Waals surface area contributed by atoms with Crippen LogP contribution in [0.1, 0.15) is 21.5 Å². The Hall–Kier alpha value is -2.36. The minimum absolute atomic E-state index is 0.112. The van der Waals surface area contributed by atoms with Crippen LogP contribution in [0.15, 0.2) is 36.4 Å². The lowest BCUT2D eigenvalue weighted by atomic mass is 9.98. The molecule has 20 heavy (non-hydrogen) atoms. The monoisotopic (exact) mass is 273 g/mol. The van der Waals surface area contributed by atoms with Crippen LogP contribution in [-0.4, -0.2) is 12.9 Å². The van der Waals surface area contributed by atoms with E-state index < -0.39 is 0 Å². The second-order valence-corrected chi connectivity index (χ2v) is 4.62. The van der Waals surface area contributed by atoms with Crippen molar-refractivity contribution in [2.45, 2.75) is 13.3 Å². The van der Waals surface area contributed by atoms with Crippen molar-refractivity contribution in [2.24, 2.45) is 0 Å². The van der Waals surface area contributed by atoms with Gasteiger partial charge in [-0.25, -0.2) is 4.39 Å². The van der Waals surface area contributed by atoms with E-state index >= 15 is 0 Å². The van der Waals surface area contributed by atoms with E-state index in [1.807, 2.05) is 6.92 Å². The predicted octanol–water partition coefficient (Wildman–Crippen LogP) is 3.15. The summed E-state index contributed by atoms with van der Waals surface area (Å²) in [5.74, 6) is 0.0608. The number of ketones is 1. The molecular formula is C16H16FNO2. The first-order valence-corrected chi connectivity index (χ1v) is 6.23. The average molecular weight is 273 g/mol. The Morgan fingerprint density at radius 1 is 1.25 bits per heavy atom.